The molecule has 3 aromatic rings. The van der Waals surface area contributed by atoms with Crippen molar-refractivity contribution in [2.24, 2.45) is 0 Å². The molecule has 2 aromatic heterocycles. The first-order chi connectivity index (χ1) is 12.0. The van der Waals surface area contributed by atoms with Gasteiger partial charge in [0.25, 0.3) is 5.91 Å². The minimum Gasteiger partial charge on any atom is -0.329 e. The molecule has 1 amide bonds. The fraction of sp³-hybridized carbons (Fsp3) is 0.214. The van der Waals surface area contributed by atoms with Crippen molar-refractivity contribution in [2.45, 2.75) is 13.1 Å². The summed E-state index contributed by atoms with van der Waals surface area (Å²) in [5, 5.41) is 9.08. The number of carbonyl (C=O) groups is 1. The SMILES string of the molecule is Bc1cc(C(=O)N2CCn3c(nnc3-c3nc(Cl)ns3)C2)ccc1F. The van der Waals surface area contributed by atoms with E-state index in [0.29, 0.717) is 47.3 Å². The predicted octanol–water partition coefficient (Wildman–Crippen LogP) is 0.504. The van der Waals surface area contributed by atoms with E-state index in [4.69, 9.17) is 11.6 Å². The molecule has 11 heteroatoms. The molecule has 0 spiro atoms. The van der Waals surface area contributed by atoms with Gasteiger partial charge in [-0.3, -0.25) is 4.79 Å². The largest absolute Gasteiger partial charge is 0.329 e. The minimum atomic E-state index is -0.324. The third kappa shape index (κ3) is 2.91. The summed E-state index contributed by atoms with van der Waals surface area (Å²) in [6.07, 6.45) is 0. The molecule has 3 heterocycles. The second-order valence-electron chi connectivity index (χ2n) is 5.65. The number of aromatic nitrogens is 5. The molecular weight excluding hydrogens is 366 g/mol. The predicted molar refractivity (Wildman–Crippen MR) is 93.3 cm³/mol. The molecule has 25 heavy (non-hydrogen) atoms. The number of carbonyl (C=O) groups excluding carboxylic acids is 1. The maximum atomic E-state index is 13.4. The van der Waals surface area contributed by atoms with Crippen LogP contribution < -0.4 is 5.46 Å². The van der Waals surface area contributed by atoms with Crippen LogP contribution in [0.2, 0.25) is 5.28 Å². The molecule has 0 radical (unpaired) electrons. The summed E-state index contributed by atoms with van der Waals surface area (Å²) in [6.45, 7) is 1.37. The smallest absolute Gasteiger partial charge is 0.254 e. The van der Waals surface area contributed by atoms with E-state index in [2.05, 4.69) is 19.6 Å². The summed E-state index contributed by atoms with van der Waals surface area (Å²) < 4.78 is 19.3. The molecule has 0 unspecified atom stereocenters. The quantitative estimate of drug-likeness (QED) is 0.609. The van der Waals surface area contributed by atoms with Crippen molar-refractivity contribution in [3.63, 3.8) is 0 Å². The van der Waals surface area contributed by atoms with Crippen molar-refractivity contribution in [3.8, 4) is 10.8 Å². The van der Waals surface area contributed by atoms with E-state index >= 15 is 0 Å². The molecule has 126 valence electrons. The van der Waals surface area contributed by atoms with Crippen LogP contribution >= 0.6 is 23.1 Å². The Morgan fingerprint density at radius 1 is 1.32 bits per heavy atom. The lowest BCUT2D eigenvalue weighted by Gasteiger charge is -2.27. The lowest BCUT2D eigenvalue weighted by molar-refractivity contribution is 0.0708. The molecular formula is C14H11BClFN6OS. The summed E-state index contributed by atoms with van der Waals surface area (Å²) in [5.41, 5.74) is 0.907. The monoisotopic (exact) mass is 376 g/mol. The van der Waals surface area contributed by atoms with Gasteiger partial charge in [0, 0.05) is 18.7 Å². The molecule has 0 saturated carbocycles. The number of halogens is 2. The topological polar surface area (TPSA) is 76.8 Å². The van der Waals surface area contributed by atoms with Crippen LogP contribution in [0, 0.1) is 5.82 Å². The van der Waals surface area contributed by atoms with Gasteiger partial charge >= 0.3 is 0 Å². The van der Waals surface area contributed by atoms with Crippen LogP contribution in [0.5, 0.6) is 0 Å². The molecule has 4 rings (SSSR count). The van der Waals surface area contributed by atoms with Gasteiger partial charge in [-0.1, -0.05) is 11.5 Å². The van der Waals surface area contributed by atoms with Gasteiger partial charge in [-0.15, -0.1) is 10.2 Å². The van der Waals surface area contributed by atoms with Crippen molar-refractivity contribution in [1.82, 2.24) is 29.0 Å². The second kappa shape index (κ2) is 6.19. The molecule has 7 nitrogen and oxygen atoms in total. The van der Waals surface area contributed by atoms with Crippen molar-refractivity contribution in [3.05, 3.63) is 40.7 Å². The number of nitrogens with zero attached hydrogens (tertiary/aromatic N) is 6. The standard InChI is InChI=1S/C14H11BClFN6OS/c15-8-5-7(1-2-9(8)17)13(24)22-3-4-23-10(6-22)19-20-11(23)12-18-14(16)21-25-12/h1-2,5H,3-4,6,15H2. The van der Waals surface area contributed by atoms with E-state index in [0.717, 1.165) is 11.5 Å². The highest BCUT2D eigenvalue weighted by atomic mass is 35.5. The number of fused-ring (bicyclic) bond motifs is 1. The van der Waals surface area contributed by atoms with Gasteiger partial charge < -0.3 is 9.47 Å². The van der Waals surface area contributed by atoms with Crippen molar-refractivity contribution >= 4 is 42.3 Å². The first-order valence-electron chi connectivity index (χ1n) is 7.50. The molecule has 0 bridgehead atoms. The van der Waals surface area contributed by atoms with Crippen LogP contribution in [0.15, 0.2) is 18.2 Å². The van der Waals surface area contributed by atoms with Gasteiger partial charge in [-0.25, -0.2) is 9.37 Å². The van der Waals surface area contributed by atoms with Crippen molar-refractivity contribution in [1.29, 1.82) is 0 Å². The summed E-state index contributed by atoms with van der Waals surface area (Å²) in [7, 11) is 1.64. The van der Waals surface area contributed by atoms with Crippen LogP contribution in [-0.2, 0) is 13.1 Å². The number of rotatable bonds is 2. The third-order valence-corrected chi connectivity index (χ3v) is 5.02. The Kier molecular flexibility index (Phi) is 4.00. The first kappa shape index (κ1) is 16.2. The maximum Gasteiger partial charge on any atom is 0.254 e. The van der Waals surface area contributed by atoms with E-state index in [1.54, 1.807) is 18.8 Å². The summed E-state index contributed by atoms with van der Waals surface area (Å²) >= 11 is 6.92. The molecule has 0 saturated heterocycles. The van der Waals surface area contributed by atoms with Gasteiger partial charge in [0.15, 0.2) is 16.7 Å². The Morgan fingerprint density at radius 3 is 2.88 bits per heavy atom. The fourth-order valence-electron chi connectivity index (χ4n) is 2.75. The molecule has 1 aliphatic rings. The Labute approximate surface area is 152 Å². The van der Waals surface area contributed by atoms with Crippen LogP contribution in [0.1, 0.15) is 16.2 Å². The van der Waals surface area contributed by atoms with Gasteiger partial charge in [0.1, 0.15) is 13.7 Å². The average Bonchev–Trinajstić information content (AvgIpc) is 3.22. The Hall–Kier alpha value is -2.33. The van der Waals surface area contributed by atoms with Gasteiger partial charge in [0.05, 0.1) is 6.54 Å². The Bertz CT molecular complexity index is 976. The molecule has 1 aliphatic heterocycles. The first-order valence-corrected chi connectivity index (χ1v) is 8.65. The van der Waals surface area contributed by atoms with E-state index in [1.807, 2.05) is 4.57 Å². The lowest BCUT2D eigenvalue weighted by atomic mass is 9.93. The highest BCUT2D eigenvalue weighted by molar-refractivity contribution is 7.09. The minimum absolute atomic E-state index is 0.155. The van der Waals surface area contributed by atoms with E-state index in [9.17, 15) is 9.18 Å². The van der Waals surface area contributed by atoms with Gasteiger partial charge in [0.2, 0.25) is 5.28 Å². The summed E-state index contributed by atoms with van der Waals surface area (Å²) in [5.74, 6) is 0.789. The summed E-state index contributed by atoms with van der Waals surface area (Å²) in [4.78, 5) is 18.4. The van der Waals surface area contributed by atoms with Crippen LogP contribution in [0.4, 0.5) is 4.39 Å². The number of hydrogen-bond acceptors (Lipinski definition) is 6. The lowest BCUT2D eigenvalue weighted by Crippen LogP contribution is -2.38. The number of benzene rings is 1. The third-order valence-electron chi connectivity index (χ3n) is 4.04. The zero-order chi connectivity index (χ0) is 17.6. The zero-order valence-corrected chi connectivity index (χ0v) is 14.7. The van der Waals surface area contributed by atoms with Crippen LogP contribution in [-0.4, -0.2) is 49.3 Å². The molecule has 1 aromatic carbocycles. The molecule has 0 atom stereocenters. The average molecular weight is 377 g/mol. The summed E-state index contributed by atoms with van der Waals surface area (Å²) in [6, 6.07) is 4.37. The van der Waals surface area contributed by atoms with Gasteiger partial charge in [-0.2, -0.15) is 4.37 Å². The highest BCUT2D eigenvalue weighted by Gasteiger charge is 2.27. The molecule has 0 aliphatic carbocycles. The highest BCUT2D eigenvalue weighted by Crippen LogP contribution is 2.25. The van der Waals surface area contributed by atoms with E-state index in [-0.39, 0.29) is 17.0 Å². The number of amides is 1. The van der Waals surface area contributed by atoms with Crippen LogP contribution in [0.3, 0.4) is 0 Å². The van der Waals surface area contributed by atoms with E-state index < -0.39 is 0 Å². The Morgan fingerprint density at radius 2 is 2.16 bits per heavy atom. The Balaban J connectivity index is 1.58. The molecule has 0 N–H and O–H groups in total. The van der Waals surface area contributed by atoms with Crippen molar-refractivity contribution in [2.75, 3.05) is 6.54 Å². The van der Waals surface area contributed by atoms with Crippen molar-refractivity contribution < 1.29 is 9.18 Å². The zero-order valence-electron chi connectivity index (χ0n) is 13.1. The van der Waals surface area contributed by atoms with Gasteiger partial charge in [-0.05, 0) is 35.3 Å². The number of hydrogen-bond donors (Lipinski definition) is 0. The fourth-order valence-corrected chi connectivity index (χ4v) is 3.55. The van der Waals surface area contributed by atoms with E-state index in [1.165, 1.54) is 12.1 Å². The van der Waals surface area contributed by atoms with Crippen LogP contribution in [0.25, 0.3) is 10.8 Å². The molecule has 0 fully saturated rings. The second-order valence-corrected chi connectivity index (χ2v) is 6.74. The maximum absolute atomic E-state index is 13.4. The normalized spacial score (nSPS) is 13.8.